The Morgan fingerprint density at radius 3 is 1.66 bits per heavy atom. The van der Waals surface area contributed by atoms with E-state index in [1.807, 2.05) is 41.5 Å². The molecule has 2 saturated carbocycles. The topological polar surface area (TPSA) is 198 Å². The van der Waals surface area contributed by atoms with Gasteiger partial charge in [0.25, 0.3) is 5.91 Å². The standard InChI is InChI=1S/C25H36N4O4.C19H33N3O3/c1-25(2,3)32-22(30)16-19(13-9-12-18-10-5-4-6-11-18)24-28-21(29-33-24)17-27-23(31)20-14-7-8-15-26-20;1-19(2,3)24-17(23)12-15(18-21-16(13-20)22-25-18)11-7-10-14-8-5-4-6-9-14/h7-8,14-15,18-19H,4-6,9-13,16-17H2,1-3H3,(H,27,31);14-15H,4-13,20H2,1-3H3/t19-;15-/m11/s1. The molecule has 2 atom stereocenters. The van der Waals surface area contributed by atoms with E-state index in [4.69, 9.17) is 24.3 Å². The van der Waals surface area contributed by atoms with Crippen LogP contribution in [0.15, 0.2) is 33.4 Å². The molecule has 2 fully saturated rings. The number of carbonyl (C=O) groups excluding carboxylic acids is 3. The van der Waals surface area contributed by atoms with Crippen LogP contribution in [0.25, 0.3) is 0 Å². The van der Waals surface area contributed by atoms with E-state index < -0.39 is 11.2 Å². The molecule has 0 unspecified atom stereocenters. The van der Waals surface area contributed by atoms with Gasteiger partial charge in [-0.2, -0.15) is 9.97 Å². The van der Waals surface area contributed by atoms with Crippen molar-refractivity contribution in [3.63, 3.8) is 0 Å². The van der Waals surface area contributed by atoms with E-state index in [1.54, 1.807) is 24.4 Å². The summed E-state index contributed by atoms with van der Waals surface area (Å²) in [6.45, 7) is 11.6. The highest BCUT2D eigenvalue weighted by Crippen LogP contribution is 2.33. The molecule has 3 aromatic heterocycles. The second-order valence-corrected chi connectivity index (χ2v) is 18.0. The van der Waals surface area contributed by atoms with Crippen LogP contribution in [-0.2, 0) is 32.2 Å². The molecule has 0 radical (unpaired) electrons. The number of nitrogens with one attached hydrogen (secondary N) is 1. The molecule has 0 spiro atoms. The summed E-state index contributed by atoms with van der Waals surface area (Å²) in [6.07, 6.45) is 21.5. The number of nitrogens with zero attached hydrogens (tertiary/aromatic N) is 5. The van der Waals surface area contributed by atoms with Crippen LogP contribution in [0.3, 0.4) is 0 Å². The molecule has 3 heterocycles. The van der Waals surface area contributed by atoms with Crippen molar-refractivity contribution in [3.05, 3.63) is 53.5 Å². The monoisotopic (exact) mass is 808 g/mol. The lowest BCUT2D eigenvalue weighted by molar-refractivity contribution is -0.156. The first-order valence-electron chi connectivity index (χ1n) is 21.7. The Morgan fingerprint density at radius 1 is 0.741 bits per heavy atom. The van der Waals surface area contributed by atoms with Gasteiger partial charge in [-0.3, -0.25) is 19.4 Å². The van der Waals surface area contributed by atoms with Gasteiger partial charge < -0.3 is 29.6 Å². The number of ether oxygens (including phenoxy) is 2. The SMILES string of the molecule is CC(C)(C)OC(=O)C[C@@H](CCCC1CCCCC1)c1nc(CN)no1.CC(C)(C)OC(=O)C[C@@H](CCCC1CCCCC1)c1nc(CNC(=O)c2ccccn2)no1. The van der Waals surface area contributed by atoms with E-state index in [-0.39, 0.29) is 55.6 Å². The van der Waals surface area contributed by atoms with Crippen molar-refractivity contribution in [1.82, 2.24) is 30.6 Å². The molecule has 3 N–H and O–H groups in total. The molecule has 0 bridgehead atoms. The molecule has 0 aliphatic heterocycles. The van der Waals surface area contributed by atoms with Crippen LogP contribution in [0, 0.1) is 11.8 Å². The van der Waals surface area contributed by atoms with Crippen molar-refractivity contribution in [2.45, 2.75) is 193 Å². The van der Waals surface area contributed by atoms with Crippen LogP contribution in [0.2, 0.25) is 0 Å². The lowest BCUT2D eigenvalue weighted by Gasteiger charge is -2.23. The minimum absolute atomic E-state index is 0.0914. The van der Waals surface area contributed by atoms with Crippen LogP contribution in [0.1, 0.15) is 203 Å². The van der Waals surface area contributed by atoms with E-state index in [0.29, 0.717) is 29.1 Å². The van der Waals surface area contributed by atoms with E-state index >= 15 is 0 Å². The van der Waals surface area contributed by atoms with Gasteiger partial charge >= 0.3 is 11.9 Å². The van der Waals surface area contributed by atoms with Gasteiger partial charge in [-0.05, 0) is 78.4 Å². The number of amides is 1. The van der Waals surface area contributed by atoms with Crippen molar-refractivity contribution in [3.8, 4) is 0 Å². The third-order valence-corrected chi connectivity index (χ3v) is 10.6. The first kappa shape index (κ1) is 46.5. The zero-order valence-electron chi connectivity index (χ0n) is 35.9. The summed E-state index contributed by atoms with van der Waals surface area (Å²) in [7, 11) is 0. The molecule has 14 nitrogen and oxygen atoms in total. The molecule has 3 aromatic rings. The molecule has 0 saturated heterocycles. The highest BCUT2D eigenvalue weighted by molar-refractivity contribution is 5.92. The normalized spacial score (nSPS) is 16.5. The zero-order chi connectivity index (χ0) is 42.0. The molecule has 0 aromatic carbocycles. The number of aromatic nitrogens is 5. The average molecular weight is 808 g/mol. The average Bonchev–Trinajstić information content (AvgIpc) is 3.87. The third kappa shape index (κ3) is 17.7. The summed E-state index contributed by atoms with van der Waals surface area (Å²) in [5, 5.41) is 10.6. The summed E-state index contributed by atoms with van der Waals surface area (Å²) >= 11 is 0. The van der Waals surface area contributed by atoms with Crippen LogP contribution in [-0.4, -0.2) is 54.3 Å². The van der Waals surface area contributed by atoms with E-state index in [9.17, 15) is 14.4 Å². The zero-order valence-corrected chi connectivity index (χ0v) is 35.9. The Hall–Kier alpha value is -4.20. The van der Waals surface area contributed by atoms with E-state index in [0.717, 1.165) is 43.9 Å². The van der Waals surface area contributed by atoms with Crippen molar-refractivity contribution in [1.29, 1.82) is 0 Å². The van der Waals surface area contributed by atoms with E-state index in [1.165, 1.54) is 70.6 Å². The number of pyridine rings is 1. The maximum Gasteiger partial charge on any atom is 0.307 e. The lowest BCUT2D eigenvalue weighted by Crippen LogP contribution is -2.25. The Labute approximate surface area is 345 Å². The number of rotatable bonds is 18. The molecule has 58 heavy (non-hydrogen) atoms. The summed E-state index contributed by atoms with van der Waals surface area (Å²) in [4.78, 5) is 49.8. The van der Waals surface area contributed by atoms with Crippen molar-refractivity contribution >= 4 is 17.8 Å². The largest absolute Gasteiger partial charge is 0.460 e. The Kier molecular flexibility index (Phi) is 18.8. The van der Waals surface area contributed by atoms with Gasteiger partial charge in [-0.25, -0.2) is 0 Å². The number of esters is 2. The molecule has 2 aliphatic rings. The van der Waals surface area contributed by atoms with Crippen molar-refractivity contribution in [2.24, 2.45) is 17.6 Å². The van der Waals surface area contributed by atoms with Crippen LogP contribution < -0.4 is 11.1 Å². The Bertz CT molecular complexity index is 1650. The summed E-state index contributed by atoms with van der Waals surface area (Å²) in [5.41, 5.74) is 4.87. The van der Waals surface area contributed by atoms with Gasteiger partial charge in [-0.15, -0.1) is 0 Å². The second-order valence-electron chi connectivity index (χ2n) is 18.0. The van der Waals surface area contributed by atoms with Gasteiger partial charge in [0.1, 0.15) is 16.9 Å². The number of hydrogen-bond acceptors (Lipinski definition) is 13. The third-order valence-electron chi connectivity index (χ3n) is 10.6. The second kappa shape index (κ2) is 23.4. The number of carbonyl (C=O) groups is 3. The molecular formula is C44H69N7O7. The van der Waals surface area contributed by atoms with Gasteiger partial charge in [-0.1, -0.05) is 106 Å². The lowest BCUT2D eigenvalue weighted by atomic mass is 9.84. The maximum atomic E-state index is 12.5. The maximum absolute atomic E-state index is 12.5. The van der Waals surface area contributed by atoms with Gasteiger partial charge in [0, 0.05) is 18.0 Å². The highest BCUT2D eigenvalue weighted by Gasteiger charge is 2.28. The first-order chi connectivity index (χ1) is 27.7. The predicted octanol–water partition coefficient (Wildman–Crippen LogP) is 9.05. The van der Waals surface area contributed by atoms with Crippen LogP contribution in [0.5, 0.6) is 0 Å². The summed E-state index contributed by atoms with van der Waals surface area (Å²) in [6, 6.07) is 5.14. The predicted molar refractivity (Wildman–Crippen MR) is 219 cm³/mol. The molecule has 1 amide bonds. The fourth-order valence-electron chi connectivity index (χ4n) is 7.82. The number of hydrogen-bond donors (Lipinski definition) is 2. The molecule has 5 rings (SSSR count). The smallest absolute Gasteiger partial charge is 0.307 e. The summed E-state index contributed by atoms with van der Waals surface area (Å²) in [5.74, 6) is 2.31. The van der Waals surface area contributed by atoms with Gasteiger partial charge in [0.15, 0.2) is 11.6 Å². The molecular weight excluding hydrogens is 739 g/mol. The van der Waals surface area contributed by atoms with Crippen molar-refractivity contribution in [2.75, 3.05) is 0 Å². The van der Waals surface area contributed by atoms with Gasteiger partial charge in [0.2, 0.25) is 11.8 Å². The molecule has 14 heteroatoms. The highest BCUT2D eigenvalue weighted by atomic mass is 16.6. The number of nitrogens with two attached hydrogens (primary N) is 1. The Balaban J connectivity index is 0.000000267. The van der Waals surface area contributed by atoms with Crippen LogP contribution >= 0.6 is 0 Å². The minimum atomic E-state index is -0.542. The fourth-order valence-corrected chi connectivity index (χ4v) is 7.82. The molecule has 2 aliphatic carbocycles. The Morgan fingerprint density at radius 2 is 1.22 bits per heavy atom. The fraction of sp³-hybridized carbons (Fsp3) is 0.727. The first-order valence-corrected chi connectivity index (χ1v) is 21.7. The van der Waals surface area contributed by atoms with E-state index in [2.05, 4.69) is 30.6 Å². The quantitative estimate of drug-likeness (QED) is 0.116. The van der Waals surface area contributed by atoms with Gasteiger partial charge in [0.05, 0.1) is 25.9 Å². The summed E-state index contributed by atoms with van der Waals surface area (Å²) < 4.78 is 21.8. The minimum Gasteiger partial charge on any atom is -0.460 e. The van der Waals surface area contributed by atoms with Crippen molar-refractivity contribution < 1.29 is 32.9 Å². The van der Waals surface area contributed by atoms with Crippen LogP contribution in [0.4, 0.5) is 0 Å². The molecule has 322 valence electrons.